The first-order valence-electron chi connectivity index (χ1n) is 4.74. The Morgan fingerprint density at radius 1 is 1.40 bits per heavy atom. The van der Waals surface area contributed by atoms with Crippen LogP contribution in [0.3, 0.4) is 0 Å². The summed E-state index contributed by atoms with van der Waals surface area (Å²) in [4.78, 5) is 3.96. The third-order valence-corrected chi connectivity index (χ3v) is 2.78. The first kappa shape index (κ1) is 10.4. The Balaban J connectivity index is 2.37. The molecular weight excluding hydrogens is 216 g/mol. The van der Waals surface area contributed by atoms with Gasteiger partial charge in [0.15, 0.2) is 0 Å². The van der Waals surface area contributed by atoms with Crippen LogP contribution in [-0.4, -0.2) is 11.2 Å². The van der Waals surface area contributed by atoms with Gasteiger partial charge in [-0.05, 0) is 48.7 Å². The molecule has 0 aromatic heterocycles. The minimum absolute atomic E-state index is 0.0243. The summed E-state index contributed by atoms with van der Waals surface area (Å²) >= 11 is 4.52. The van der Waals surface area contributed by atoms with Gasteiger partial charge >= 0.3 is 0 Å². The fourth-order valence-corrected chi connectivity index (χ4v) is 2.12. The minimum atomic E-state index is -0.529. The third kappa shape index (κ3) is 2.11. The van der Waals surface area contributed by atoms with Crippen molar-refractivity contribution >= 4 is 17.4 Å². The Kier molecular flexibility index (Phi) is 2.89. The molecule has 78 valence electrons. The van der Waals surface area contributed by atoms with Crippen molar-refractivity contribution in [3.05, 3.63) is 34.9 Å². The zero-order valence-electron chi connectivity index (χ0n) is 7.96. The summed E-state index contributed by atoms with van der Waals surface area (Å²) in [7, 11) is 0. The predicted octanol–water partition coefficient (Wildman–Crippen LogP) is 2.92. The smallest absolute Gasteiger partial charge is 0.129 e. The van der Waals surface area contributed by atoms with Crippen LogP contribution in [0.2, 0.25) is 0 Å². The standard InChI is InChI=1S/C11H9F2NS/c12-8-3-7-4-9(14-6-15)1-2-10(7)11(13)5-8/h3,5,9H,1-2,4H2/t9-/m0/s1. The lowest BCUT2D eigenvalue weighted by molar-refractivity contribution is 0.523. The van der Waals surface area contributed by atoms with Gasteiger partial charge in [-0.1, -0.05) is 0 Å². The molecule has 0 fully saturated rings. The Hall–Kier alpha value is -1.12. The van der Waals surface area contributed by atoms with Crippen molar-refractivity contribution in [2.45, 2.75) is 25.3 Å². The van der Waals surface area contributed by atoms with Crippen LogP contribution in [0.25, 0.3) is 0 Å². The maximum Gasteiger partial charge on any atom is 0.129 e. The van der Waals surface area contributed by atoms with Gasteiger partial charge in [0.2, 0.25) is 0 Å². The van der Waals surface area contributed by atoms with E-state index in [1.54, 1.807) is 0 Å². The molecule has 0 amide bonds. The summed E-state index contributed by atoms with van der Waals surface area (Å²) in [6.45, 7) is 0. The SMILES string of the molecule is Fc1cc(F)c2c(c1)C[C@@H](N=C=S)CC2. The van der Waals surface area contributed by atoms with Crippen molar-refractivity contribution in [3.8, 4) is 0 Å². The molecule has 0 bridgehead atoms. The number of nitrogens with zero attached hydrogens (tertiary/aromatic N) is 1. The van der Waals surface area contributed by atoms with Gasteiger partial charge in [0, 0.05) is 6.07 Å². The van der Waals surface area contributed by atoms with Gasteiger partial charge < -0.3 is 0 Å². The van der Waals surface area contributed by atoms with Gasteiger partial charge in [-0.3, -0.25) is 0 Å². The first-order chi connectivity index (χ1) is 7.20. The molecule has 0 N–H and O–H groups in total. The Labute approximate surface area is 91.8 Å². The molecule has 15 heavy (non-hydrogen) atoms. The zero-order chi connectivity index (χ0) is 10.8. The molecule has 1 nitrogen and oxygen atoms in total. The van der Waals surface area contributed by atoms with Crippen molar-refractivity contribution in [2.24, 2.45) is 4.99 Å². The lowest BCUT2D eigenvalue weighted by Gasteiger charge is -2.21. The number of benzene rings is 1. The lowest BCUT2D eigenvalue weighted by atomic mass is 9.88. The fourth-order valence-electron chi connectivity index (χ4n) is 1.97. The molecule has 0 saturated carbocycles. The van der Waals surface area contributed by atoms with Gasteiger partial charge in [0.1, 0.15) is 11.6 Å². The maximum atomic E-state index is 13.3. The number of fused-ring (bicyclic) bond motifs is 1. The van der Waals surface area contributed by atoms with Crippen molar-refractivity contribution in [1.29, 1.82) is 0 Å². The second kappa shape index (κ2) is 4.17. The van der Waals surface area contributed by atoms with E-state index in [4.69, 9.17) is 0 Å². The minimum Gasteiger partial charge on any atom is -0.229 e. The van der Waals surface area contributed by atoms with Gasteiger partial charge in [-0.15, -0.1) is 0 Å². The largest absolute Gasteiger partial charge is 0.229 e. The van der Waals surface area contributed by atoms with Crippen LogP contribution < -0.4 is 0 Å². The van der Waals surface area contributed by atoms with E-state index in [2.05, 4.69) is 22.4 Å². The molecule has 4 heteroatoms. The van der Waals surface area contributed by atoms with Crippen LogP contribution in [0, 0.1) is 11.6 Å². The van der Waals surface area contributed by atoms with E-state index in [1.807, 2.05) is 0 Å². The number of hydrogen-bond donors (Lipinski definition) is 0. The monoisotopic (exact) mass is 225 g/mol. The molecule has 0 unspecified atom stereocenters. The highest BCUT2D eigenvalue weighted by molar-refractivity contribution is 7.78. The summed E-state index contributed by atoms with van der Waals surface area (Å²) in [5.74, 6) is -0.979. The average Bonchev–Trinajstić information content (AvgIpc) is 2.17. The third-order valence-electron chi connectivity index (χ3n) is 2.67. The van der Waals surface area contributed by atoms with E-state index < -0.39 is 11.6 Å². The first-order valence-corrected chi connectivity index (χ1v) is 5.15. The summed E-state index contributed by atoms with van der Waals surface area (Å²) in [5, 5.41) is 2.32. The number of aliphatic imine (C=N–C) groups is 1. The van der Waals surface area contributed by atoms with Gasteiger partial charge in [-0.2, -0.15) is 0 Å². The topological polar surface area (TPSA) is 12.4 Å². The highest BCUT2D eigenvalue weighted by atomic mass is 32.1. The van der Waals surface area contributed by atoms with Gasteiger partial charge in [0.05, 0.1) is 11.2 Å². The van der Waals surface area contributed by atoms with Crippen molar-refractivity contribution in [2.75, 3.05) is 0 Å². The molecule has 1 atom stereocenters. The molecule has 0 saturated heterocycles. The van der Waals surface area contributed by atoms with Crippen LogP contribution in [0.1, 0.15) is 17.5 Å². The molecule has 1 aliphatic carbocycles. The lowest BCUT2D eigenvalue weighted by Crippen LogP contribution is -2.18. The van der Waals surface area contributed by atoms with Crippen LogP contribution in [0.5, 0.6) is 0 Å². The highest BCUT2D eigenvalue weighted by Crippen LogP contribution is 2.26. The van der Waals surface area contributed by atoms with E-state index in [9.17, 15) is 8.78 Å². The Bertz CT molecular complexity index is 438. The summed E-state index contributed by atoms with van der Waals surface area (Å²) < 4.78 is 26.3. The van der Waals surface area contributed by atoms with E-state index in [0.29, 0.717) is 24.0 Å². The summed E-state index contributed by atoms with van der Waals surface area (Å²) in [5.41, 5.74) is 1.32. The molecule has 1 aliphatic rings. The van der Waals surface area contributed by atoms with Gasteiger partial charge in [-0.25, -0.2) is 13.8 Å². The molecule has 1 aromatic carbocycles. The zero-order valence-corrected chi connectivity index (χ0v) is 8.78. The quantitative estimate of drug-likeness (QED) is 0.528. The number of rotatable bonds is 1. The second-order valence-corrected chi connectivity index (χ2v) is 3.82. The number of isothiocyanates is 1. The molecule has 1 aromatic rings. The van der Waals surface area contributed by atoms with Crippen molar-refractivity contribution in [1.82, 2.24) is 0 Å². The molecule has 0 radical (unpaired) electrons. The van der Waals surface area contributed by atoms with E-state index in [1.165, 1.54) is 6.07 Å². The molecule has 0 aliphatic heterocycles. The second-order valence-electron chi connectivity index (χ2n) is 3.64. The van der Waals surface area contributed by atoms with Crippen LogP contribution in [0.15, 0.2) is 17.1 Å². The van der Waals surface area contributed by atoms with Crippen LogP contribution >= 0.6 is 12.2 Å². The average molecular weight is 225 g/mol. The summed E-state index contributed by atoms with van der Waals surface area (Å²) in [6, 6.07) is 2.33. The fraction of sp³-hybridized carbons (Fsp3) is 0.364. The van der Waals surface area contributed by atoms with Gasteiger partial charge in [0.25, 0.3) is 0 Å². The van der Waals surface area contributed by atoms with Crippen LogP contribution in [0.4, 0.5) is 8.78 Å². The predicted molar refractivity (Wildman–Crippen MR) is 57.2 cm³/mol. The normalized spacial score (nSPS) is 19.2. The maximum absolute atomic E-state index is 13.3. The van der Waals surface area contributed by atoms with E-state index in [0.717, 1.165) is 12.5 Å². The highest BCUT2D eigenvalue weighted by Gasteiger charge is 2.21. The van der Waals surface area contributed by atoms with E-state index >= 15 is 0 Å². The molecule has 2 rings (SSSR count). The number of halogens is 2. The molecular formula is C11H9F2NS. The Morgan fingerprint density at radius 2 is 2.20 bits per heavy atom. The van der Waals surface area contributed by atoms with Crippen LogP contribution in [-0.2, 0) is 12.8 Å². The number of thiocarbonyl (C=S) groups is 1. The Morgan fingerprint density at radius 3 is 2.93 bits per heavy atom. The number of hydrogen-bond acceptors (Lipinski definition) is 2. The van der Waals surface area contributed by atoms with E-state index in [-0.39, 0.29) is 6.04 Å². The van der Waals surface area contributed by atoms with Crippen molar-refractivity contribution in [3.63, 3.8) is 0 Å². The molecule has 0 spiro atoms. The summed E-state index contributed by atoms with van der Waals surface area (Å²) in [6.07, 6.45) is 1.89. The van der Waals surface area contributed by atoms with Crippen molar-refractivity contribution < 1.29 is 8.78 Å². The molecule has 0 heterocycles.